The van der Waals surface area contributed by atoms with Crippen molar-refractivity contribution in [3.05, 3.63) is 12.2 Å². The van der Waals surface area contributed by atoms with Crippen molar-refractivity contribution in [3.8, 4) is 0 Å². The van der Waals surface area contributed by atoms with Gasteiger partial charge in [-0.05, 0) is 6.92 Å². The molecule has 0 heterocycles. The second-order valence-electron chi connectivity index (χ2n) is 2.09. The molecule has 0 aromatic rings. The second kappa shape index (κ2) is 7.61. The van der Waals surface area contributed by atoms with Gasteiger partial charge >= 0.3 is 5.97 Å². The van der Waals surface area contributed by atoms with Crippen LogP contribution in [0.15, 0.2) is 12.2 Å². The summed E-state index contributed by atoms with van der Waals surface area (Å²) in [6.07, 6.45) is 2.76. The van der Waals surface area contributed by atoms with Gasteiger partial charge in [0.1, 0.15) is 5.88 Å². The lowest BCUT2D eigenvalue weighted by molar-refractivity contribution is -0.137. The molecular weight excluding hydrogens is 194 g/mol. The molecule has 13 heavy (non-hydrogen) atoms. The summed E-state index contributed by atoms with van der Waals surface area (Å²) in [5, 5.41) is 2.46. The van der Waals surface area contributed by atoms with E-state index in [1.807, 2.05) is 0 Å². The highest BCUT2D eigenvalue weighted by atomic mass is 35.5. The molecular formula is C8H12ClNO3. The monoisotopic (exact) mass is 205 g/mol. The van der Waals surface area contributed by atoms with Crippen LogP contribution in [0.3, 0.4) is 0 Å². The van der Waals surface area contributed by atoms with Crippen LogP contribution >= 0.6 is 11.6 Å². The predicted molar refractivity (Wildman–Crippen MR) is 49.5 cm³/mol. The fraction of sp³-hybridized carbons (Fsp3) is 0.500. The number of nitrogens with one attached hydrogen (secondary N) is 1. The first-order chi connectivity index (χ1) is 6.20. The summed E-state index contributed by atoms with van der Waals surface area (Å²) >= 11 is 5.22. The quantitative estimate of drug-likeness (QED) is 0.403. The summed E-state index contributed by atoms with van der Waals surface area (Å²) in [6, 6.07) is 0. The van der Waals surface area contributed by atoms with E-state index in [0.29, 0.717) is 6.61 Å². The molecule has 0 saturated heterocycles. The predicted octanol–water partition coefficient (Wildman–Crippen LogP) is 0.461. The Kier molecular flexibility index (Phi) is 7.01. The SMILES string of the molecule is CCOC(=O)/C=C/CNC(=O)CCl. The second-order valence-corrected chi connectivity index (χ2v) is 2.36. The van der Waals surface area contributed by atoms with Gasteiger partial charge in [0, 0.05) is 12.6 Å². The highest BCUT2D eigenvalue weighted by Gasteiger charge is 1.95. The highest BCUT2D eigenvalue weighted by molar-refractivity contribution is 6.27. The summed E-state index contributed by atoms with van der Waals surface area (Å²) in [5.74, 6) is -0.759. The molecule has 4 nitrogen and oxygen atoms in total. The van der Waals surface area contributed by atoms with Crippen LogP contribution in [0, 0.1) is 0 Å². The lowest BCUT2D eigenvalue weighted by atomic mass is 10.5. The molecule has 0 aliphatic carbocycles. The Morgan fingerprint density at radius 3 is 2.77 bits per heavy atom. The molecule has 0 saturated carbocycles. The minimum atomic E-state index is -0.414. The fourth-order valence-electron chi connectivity index (χ4n) is 0.566. The number of carbonyl (C=O) groups excluding carboxylic acids is 2. The molecule has 5 heteroatoms. The maximum absolute atomic E-state index is 10.7. The van der Waals surface area contributed by atoms with Crippen LogP contribution in [-0.4, -0.2) is 30.9 Å². The maximum atomic E-state index is 10.7. The highest BCUT2D eigenvalue weighted by Crippen LogP contribution is 1.80. The van der Waals surface area contributed by atoms with Crippen molar-refractivity contribution in [1.29, 1.82) is 0 Å². The van der Waals surface area contributed by atoms with E-state index < -0.39 is 5.97 Å². The van der Waals surface area contributed by atoms with Crippen molar-refractivity contribution >= 4 is 23.5 Å². The smallest absolute Gasteiger partial charge is 0.330 e. The summed E-state index contributed by atoms with van der Waals surface area (Å²) in [6.45, 7) is 2.35. The van der Waals surface area contributed by atoms with Gasteiger partial charge in [0.05, 0.1) is 6.61 Å². The van der Waals surface area contributed by atoms with E-state index >= 15 is 0 Å². The molecule has 0 aromatic carbocycles. The molecule has 74 valence electrons. The number of esters is 1. The minimum absolute atomic E-state index is 0.0761. The van der Waals surface area contributed by atoms with Crippen molar-refractivity contribution in [3.63, 3.8) is 0 Å². The van der Waals surface area contributed by atoms with E-state index in [0.717, 1.165) is 0 Å². The van der Waals surface area contributed by atoms with E-state index in [4.69, 9.17) is 11.6 Å². The summed E-state index contributed by atoms with van der Waals surface area (Å²) in [4.78, 5) is 21.3. The Balaban J connectivity index is 3.51. The van der Waals surface area contributed by atoms with Gasteiger partial charge < -0.3 is 10.1 Å². The zero-order valence-electron chi connectivity index (χ0n) is 7.38. The molecule has 0 aromatic heterocycles. The van der Waals surface area contributed by atoms with Gasteiger partial charge in [-0.25, -0.2) is 4.79 Å². The van der Waals surface area contributed by atoms with E-state index in [-0.39, 0.29) is 18.3 Å². The van der Waals surface area contributed by atoms with Crippen LogP contribution in [0.1, 0.15) is 6.92 Å². The molecule has 0 rings (SSSR count). The van der Waals surface area contributed by atoms with Gasteiger partial charge in [0.15, 0.2) is 0 Å². The van der Waals surface area contributed by atoms with Crippen LogP contribution in [-0.2, 0) is 14.3 Å². The Morgan fingerprint density at radius 1 is 1.54 bits per heavy atom. The van der Waals surface area contributed by atoms with Crippen LogP contribution < -0.4 is 5.32 Å². The average molecular weight is 206 g/mol. The van der Waals surface area contributed by atoms with E-state index in [9.17, 15) is 9.59 Å². The number of ether oxygens (including phenoxy) is 1. The molecule has 0 aliphatic rings. The van der Waals surface area contributed by atoms with Crippen LogP contribution in [0.5, 0.6) is 0 Å². The first-order valence-electron chi connectivity index (χ1n) is 3.86. The summed E-state index contributed by atoms with van der Waals surface area (Å²) in [5.41, 5.74) is 0. The normalized spacial score (nSPS) is 10.0. The maximum Gasteiger partial charge on any atom is 0.330 e. The molecule has 0 unspecified atom stereocenters. The number of hydrogen-bond donors (Lipinski definition) is 1. The summed E-state index contributed by atoms with van der Waals surface area (Å²) in [7, 11) is 0. The van der Waals surface area contributed by atoms with Gasteiger partial charge in [-0.2, -0.15) is 0 Å². The first-order valence-corrected chi connectivity index (χ1v) is 4.40. The molecule has 0 atom stereocenters. The third-order valence-electron chi connectivity index (χ3n) is 1.08. The fourth-order valence-corrected chi connectivity index (χ4v) is 0.660. The van der Waals surface area contributed by atoms with Gasteiger partial charge in [-0.3, -0.25) is 4.79 Å². The molecule has 1 amide bonds. The average Bonchev–Trinajstić information content (AvgIpc) is 2.12. The lowest BCUT2D eigenvalue weighted by Gasteiger charge is -1.97. The third-order valence-corrected chi connectivity index (χ3v) is 1.32. The molecule has 0 bridgehead atoms. The third kappa shape index (κ3) is 7.33. The Bertz CT molecular complexity index is 204. The molecule has 0 fully saturated rings. The van der Waals surface area contributed by atoms with Gasteiger partial charge in [0.25, 0.3) is 0 Å². The number of hydrogen-bond acceptors (Lipinski definition) is 3. The van der Waals surface area contributed by atoms with E-state index in [1.165, 1.54) is 12.2 Å². The summed E-state index contributed by atoms with van der Waals surface area (Å²) < 4.78 is 4.61. The zero-order valence-corrected chi connectivity index (χ0v) is 8.13. The topological polar surface area (TPSA) is 55.4 Å². The van der Waals surface area contributed by atoms with Crippen molar-refractivity contribution in [2.75, 3.05) is 19.0 Å². The van der Waals surface area contributed by atoms with Gasteiger partial charge in [0.2, 0.25) is 5.91 Å². The number of amides is 1. The molecule has 0 spiro atoms. The van der Waals surface area contributed by atoms with Crippen molar-refractivity contribution in [2.45, 2.75) is 6.92 Å². The van der Waals surface area contributed by atoms with E-state index in [1.54, 1.807) is 6.92 Å². The minimum Gasteiger partial charge on any atom is -0.463 e. The van der Waals surface area contributed by atoms with Gasteiger partial charge in [-0.15, -0.1) is 11.6 Å². The molecule has 0 radical (unpaired) electrons. The Labute approximate surface area is 81.9 Å². The number of halogens is 1. The van der Waals surface area contributed by atoms with Gasteiger partial charge in [-0.1, -0.05) is 6.08 Å². The number of alkyl halides is 1. The Hall–Kier alpha value is -1.03. The van der Waals surface area contributed by atoms with Crippen LogP contribution in [0.4, 0.5) is 0 Å². The molecule has 0 aliphatic heterocycles. The lowest BCUT2D eigenvalue weighted by Crippen LogP contribution is -2.24. The van der Waals surface area contributed by atoms with Crippen molar-refractivity contribution in [1.82, 2.24) is 5.32 Å². The van der Waals surface area contributed by atoms with Crippen LogP contribution in [0.2, 0.25) is 0 Å². The Morgan fingerprint density at radius 2 is 2.23 bits per heavy atom. The van der Waals surface area contributed by atoms with Crippen molar-refractivity contribution in [2.24, 2.45) is 0 Å². The standard InChI is InChI=1S/C8H12ClNO3/c1-2-13-8(12)4-3-5-10-7(11)6-9/h3-4H,2,5-6H2,1H3,(H,10,11)/b4-3+. The number of rotatable bonds is 5. The molecule has 1 N–H and O–H groups in total. The zero-order chi connectivity index (χ0) is 10.1. The van der Waals surface area contributed by atoms with E-state index in [2.05, 4.69) is 10.1 Å². The van der Waals surface area contributed by atoms with Crippen LogP contribution in [0.25, 0.3) is 0 Å². The number of carbonyl (C=O) groups is 2. The van der Waals surface area contributed by atoms with Crippen molar-refractivity contribution < 1.29 is 14.3 Å². The first kappa shape index (κ1) is 12.0. The largest absolute Gasteiger partial charge is 0.463 e.